The third-order valence-electron chi connectivity index (χ3n) is 3.26. The van der Waals surface area contributed by atoms with Crippen molar-refractivity contribution in [1.82, 2.24) is 9.97 Å². The Balaban J connectivity index is 1.56. The molecule has 0 radical (unpaired) electrons. The Labute approximate surface area is 125 Å². The van der Waals surface area contributed by atoms with E-state index >= 15 is 0 Å². The highest BCUT2D eigenvalue weighted by Crippen LogP contribution is 2.26. The van der Waals surface area contributed by atoms with Crippen LogP contribution in [-0.2, 0) is 19.3 Å². The SMILES string of the molecule is Brc1cncc(NCCc2nc3c(s2)CCCC3)c1. The minimum atomic E-state index is 0.907. The second kappa shape index (κ2) is 6.01. The van der Waals surface area contributed by atoms with Crippen LogP contribution in [0, 0.1) is 0 Å². The number of aryl methyl sites for hydroxylation is 2. The number of halogens is 1. The van der Waals surface area contributed by atoms with E-state index in [9.17, 15) is 0 Å². The summed E-state index contributed by atoms with van der Waals surface area (Å²) in [6.45, 7) is 0.907. The van der Waals surface area contributed by atoms with E-state index in [1.807, 2.05) is 23.6 Å². The number of aromatic nitrogens is 2. The van der Waals surface area contributed by atoms with Crippen LogP contribution in [0.25, 0.3) is 0 Å². The van der Waals surface area contributed by atoms with Crippen LogP contribution in [0.1, 0.15) is 28.4 Å². The Hall–Kier alpha value is -0.940. The lowest BCUT2D eigenvalue weighted by Gasteiger charge is -2.06. The summed E-state index contributed by atoms with van der Waals surface area (Å²) in [6.07, 6.45) is 9.67. The maximum Gasteiger partial charge on any atom is 0.0948 e. The Kier molecular flexibility index (Phi) is 4.13. The number of hydrogen-bond acceptors (Lipinski definition) is 4. The molecule has 1 aliphatic carbocycles. The summed E-state index contributed by atoms with van der Waals surface area (Å²) < 4.78 is 1.00. The first-order valence-electron chi connectivity index (χ1n) is 6.63. The van der Waals surface area contributed by atoms with Gasteiger partial charge >= 0.3 is 0 Å². The van der Waals surface area contributed by atoms with E-state index in [0.29, 0.717) is 0 Å². The van der Waals surface area contributed by atoms with Crippen LogP contribution < -0.4 is 5.32 Å². The summed E-state index contributed by atoms with van der Waals surface area (Å²) >= 11 is 5.32. The molecule has 100 valence electrons. The molecule has 19 heavy (non-hydrogen) atoms. The fraction of sp³-hybridized carbons (Fsp3) is 0.429. The number of fused-ring (bicyclic) bond motifs is 1. The first-order valence-corrected chi connectivity index (χ1v) is 8.24. The van der Waals surface area contributed by atoms with Crippen molar-refractivity contribution in [1.29, 1.82) is 0 Å². The largest absolute Gasteiger partial charge is 0.383 e. The molecule has 2 aromatic rings. The number of pyridine rings is 1. The van der Waals surface area contributed by atoms with Crippen molar-refractivity contribution in [2.75, 3.05) is 11.9 Å². The lowest BCUT2D eigenvalue weighted by Crippen LogP contribution is -2.05. The van der Waals surface area contributed by atoms with Crippen molar-refractivity contribution in [3.63, 3.8) is 0 Å². The lowest BCUT2D eigenvalue weighted by molar-refractivity contribution is 0.680. The van der Waals surface area contributed by atoms with Gasteiger partial charge in [-0.05, 0) is 47.7 Å². The Bertz CT molecular complexity index is 544. The Morgan fingerprint density at radius 2 is 2.16 bits per heavy atom. The van der Waals surface area contributed by atoms with E-state index in [0.717, 1.165) is 23.1 Å². The van der Waals surface area contributed by atoms with E-state index in [4.69, 9.17) is 4.98 Å². The molecule has 1 aliphatic rings. The molecule has 3 nitrogen and oxygen atoms in total. The van der Waals surface area contributed by atoms with Gasteiger partial charge in [-0.2, -0.15) is 0 Å². The first-order chi connectivity index (χ1) is 9.31. The predicted molar refractivity (Wildman–Crippen MR) is 82.9 cm³/mol. The zero-order chi connectivity index (χ0) is 13.1. The number of nitrogens with zero attached hydrogens (tertiary/aromatic N) is 2. The van der Waals surface area contributed by atoms with Gasteiger partial charge in [0.2, 0.25) is 0 Å². The summed E-state index contributed by atoms with van der Waals surface area (Å²) in [7, 11) is 0. The van der Waals surface area contributed by atoms with Gasteiger partial charge < -0.3 is 5.32 Å². The molecule has 5 heteroatoms. The molecule has 0 spiro atoms. The summed E-state index contributed by atoms with van der Waals surface area (Å²) in [6, 6.07) is 2.04. The van der Waals surface area contributed by atoms with Gasteiger partial charge in [0.05, 0.1) is 22.6 Å². The van der Waals surface area contributed by atoms with Crippen LogP contribution in [0.3, 0.4) is 0 Å². The molecule has 2 aromatic heterocycles. The van der Waals surface area contributed by atoms with Crippen molar-refractivity contribution in [2.24, 2.45) is 0 Å². The van der Waals surface area contributed by atoms with Crippen LogP contribution in [-0.4, -0.2) is 16.5 Å². The second-order valence-electron chi connectivity index (χ2n) is 4.75. The first kappa shape index (κ1) is 13.1. The molecule has 0 aromatic carbocycles. The zero-order valence-corrected chi connectivity index (χ0v) is 13.1. The third kappa shape index (κ3) is 3.34. The molecule has 0 bridgehead atoms. The van der Waals surface area contributed by atoms with E-state index < -0.39 is 0 Å². The van der Waals surface area contributed by atoms with Crippen molar-refractivity contribution < 1.29 is 0 Å². The Morgan fingerprint density at radius 3 is 3.00 bits per heavy atom. The van der Waals surface area contributed by atoms with Gasteiger partial charge in [-0.15, -0.1) is 11.3 Å². The summed E-state index contributed by atoms with van der Waals surface area (Å²) in [5.41, 5.74) is 2.41. The quantitative estimate of drug-likeness (QED) is 0.921. The minimum Gasteiger partial charge on any atom is -0.383 e. The van der Waals surface area contributed by atoms with E-state index in [2.05, 4.69) is 26.2 Å². The van der Waals surface area contributed by atoms with E-state index in [-0.39, 0.29) is 0 Å². The molecule has 2 heterocycles. The minimum absolute atomic E-state index is 0.907. The van der Waals surface area contributed by atoms with Crippen molar-refractivity contribution in [3.05, 3.63) is 38.5 Å². The van der Waals surface area contributed by atoms with Gasteiger partial charge in [0.25, 0.3) is 0 Å². The molecule has 0 atom stereocenters. The third-order valence-corrected chi connectivity index (χ3v) is 4.91. The molecule has 0 amide bonds. The second-order valence-corrected chi connectivity index (χ2v) is 6.84. The maximum atomic E-state index is 4.75. The summed E-state index contributed by atoms with van der Waals surface area (Å²) in [5.74, 6) is 0. The molecule has 3 rings (SSSR count). The molecule has 1 N–H and O–H groups in total. The molecular weight excluding hydrogens is 322 g/mol. The van der Waals surface area contributed by atoms with Gasteiger partial charge in [-0.3, -0.25) is 4.98 Å². The fourth-order valence-corrected chi connectivity index (χ4v) is 3.86. The van der Waals surface area contributed by atoms with Gasteiger partial charge in [0, 0.05) is 28.5 Å². The number of nitrogens with one attached hydrogen (secondary N) is 1. The van der Waals surface area contributed by atoms with E-state index in [1.165, 1.54) is 41.3 Å². The smallest absolute Gasteiger partial charge is 0.0948 e. The molecule has 0 fully saturated rings. The highest BCUT2D eigenvalue weighted by Gasteiger charge is 2.14. The lowest BCUT2D eigenvalue weighted by atomic mass is 10.0. The van der Waals surface area contributed by atoms with Gasteiger partial charge in [0.15, 0.2) is 0 Å². The Morgan fingerprint density at radius 1 is 1.26 bits per heavy atom. The highest BCUT2D eigenvalue weighted by molar-refractivity contribution is 9.10. The average molecular weight is 338 g/mol. The van der Waals surface area contributed by atoms with Crippen LogP contribution in [0.2, 0.25) is 0 Å². The standard InChI is InChI=1S/C14H16BrN3S/c15-10-7-11(9-16-8-10)17-6-5-14-18-12-3-1-2-4-13(12)19-14/h7-9,17H,1-6H2. The topological polar surface area (TPSA) is 37.8 Å². The number of anilines is 1. The zero-order valence-electron chi connectivity index (χ0n) is 10.7. The molecule has 0 unspecified atom stereocenters. The predicted octanol–water partition coefficient (Wildman–Crippen LogP) is 3.83. The normalized spacial score (nSPS) is 14.2. The molecule has 0 saturated carbocycles. The monoisotopic (exact) mass is 337 g/mol. The van der Waals surface area contributed by atoms with Gasteiger partial charge in [0.1, 0.15) is 0 Å². The van der Waals surface area contributed by atoms with Crippen LogP contribution in [0.4, 0.5) is 5.69 Å². The van der Waals surface area contributed by atoms with Crippen molar-refractivity contribution >= 4 is 33.0 Å². The molecule has 0 aliphatic heterocycles. The van der Waals surface area contributed by atoms with Crippen LogP contribution in [0.15, 0.2) is 22.9 Å². The molecule has 0 saturated heterocycles. The number of thiazole rings is 1. The van der Waals surface area contributed by atoms with Gasteiger partial charge in [-0.25, -0.2) is 4.98 Å². The van der Waals surface area contributed by atoms with Crippen LogP contribution in [0.5, 0.6) is 0 Å². The fourth-order valence-electron chi connectivity index (χ4n) is 2.33. The van der Waals surface area contributed by atoms with Crippen LogP contribution >= 0.6 is 27.3 Å². The molecular formula is C14H16BrN3S. The van der Waals surface area contributed by atoms with Crippen molar-refractivity contribution in [3.8, 4) is 0 Å². The summed E-state index contributed by atoms with van der Waals surface area (Å²) in [4.78, 5) is 10.4. The summed E-state index contributed by atoms with van der Waals surface area (Å²) in [5, 5.41) is 4.65. The maximum absolute atomic E-state index is 4.75. The van der Waals surface area contributed by atoms with Gasteiger partial charge in [-0.1, -0.05) is 0 Å². The number of rotatable bonds is 4. The highest BCUT2D eigenvalue weighted by atomic mass is 79.9. The van der Waals surface area contributed by atoms with E-state index in [1.54, 1.807) is 6.20 Å². The average Bonchev–Trinajstić information content (AvgIpc) is 2.81. The van der Waals surface area contributed by atoms with Crippen molar-refractivity contribution in [2.45, 2.75) is 32.1 Å². The number of hydrogen-bond donors (Lipinski definition) is 1.